The third kappa shape index (κ3) is 4.12. The quantitative estimate of drug-likeness (QED) is 0.875. The van der Waals surface area contributed by atoms with Gasteiger partial charge in [-0.1, -0.05) is 24.3 Å². The maximum atomic E-state index is 12.4. The van der Waals surface area contributed by atoms with Gasteiger partial charge in [0.05, 0.1) is 20.8 Å². The van der Waals surface area contributed by atoms with Crippen molar-refractivity contribution in [1.29, 1.82) is 0 Å². The van der Waals surface area contributed by atoms with Gasteiger partial charge < -0.3 is 14.8 Å². The Morgan fingerprint density at radius 1 is 1.16 bits per heavy atom. The van der Waals surface area contributed by atoms with E-state index in [0.29, 0.717) is 6.54 Å². The molecule has 5 heteroatoms. The molecule has 0 aliphatic carbocycles. The maximum absolute atomic E-state index is 12.4. The molecule has 132 valence electrons. The zero-order valence-corrected chi connectivity index (χ0v) is 14.7. The highest BCUT2D eigenvalue weighted by Gasteiger charge is 2.29. The summed E-state index contributed by atoms with van der Waals surface area (Å²) in [5.74, 6) is 1.58. The Kier molecular flexibility index (Phi) is 5.56. The van der Waals surface area contributed by atoms with E-state index in [2.05, 4.69) is 10.2 Å². The first-order chi connectivity index (χ1) is 12.2. The molecule has 1 atom stereocenters. The fraction of sp³-hybridized carbons (Fsp3) is 0.350. The van der Waals surface area contributed by atoms with E-state index in [4.69, 9.17) is 9.47 Å². The normalized spacial score (nSPS) is 17.3. The Labute approximate surface area is 148 Å². The topological polar surface area (TPSA) is 50.8 Å². The summed E-state index contributed by atoms with van der Waals surface area (Å²) in [6.07, 6.45) is 2.08. The van der Waals surface area contributed by atoms with Crippen LogP contribution < -0.4 is 14.8 Å². The molecule has 1 unspecified atom stereocenters. The number of ether oxygens (including phenoxy) is 2. The van der Waals surface area contributed by atoms with Crippen LogP contribution in [0.4, 0.5) is 5.69 Å². The van der Waals surface area contributed by atoms with Gasteiger partial charge in [0.15, 0.2) is 0 Å². The number of anilines is 1. The maximum Gasteiger partial charge on any atom is 0.238 e. The number of likely N-dealkylation sites (tertiary alicyclic amines) is 1. The molecule has 0 saturated carbocycles. The lowest BCUT2D eigenvalue weighted by molar-refractivity contribution is -0.117. The third-order valence-corrected chi connectivity index (χ3v) is 4.57. The van der Waals surface area contributed by atoms with Crippen molar-refractivity contribution in [3.05, 3.63) is 54.1 Å². The Morgan fingerprint density at radius 3 is 2.68 bits per heavy atom. The first-order valence-corrected chi connectivity index (χ1v) is 8.52. The van der Waals surface area contributed by atoms with E-state index in [-0.39, 0.29) is 11.9 Å². The van der Waals surface area contributed by atoms with E-state index < -0.39 is 0 Å². The molecule has 0 bridgehead atoms. The highest BCUT2D eigenvalue weighted by molar-refractivity contribution is 5.92. The number of para-hydroxylation sites is 1. The number of hydrogen-bond donors (Lipinski definition) is 1. The van der Waals surface area contributed by atoms with Crippen LogP contribution in [-0.4, -0.2) is 38.1 Å². The first kappa shape index (κ1) is 17.3. The second-order valence-corrected chi connectivity index (χ2v) is 6.15. The van der Waals surface area contributed by atoms with Crippen LogP contribution in [0.25, 0.3) is 0 Å². The summed E-state index contributed by atoms with van der Waals surface area (Å²) in [7, 11) is 3.31. The molecular weight excluding hydrogens is 316 g/mol. The number of nitrogens with zero attached hydrogens (tertiary/aromatic N) is 1. The lowest BCUT2D eigenvalue weighted by Crippen LogP contribution is -2.33. The van der Waals surface area contributed by atoms with Crippen molar-refractivity contribution in [1.82, 2.24) is 4.90 Å². The average Bonchev–Trinajstić information content (AvgIpc) is 3.09. The minimum absolute atomic E-state index is 0.00517. The van der Waals surface area contributed by atoms with Gasteiger partial charge in [0.2, 0.25) is 5.91 Å². The highest BCUT2D eigenvalue weighted by Crippen LogP contribution is 2.38. The van der Waals surface area contributed by atoms with Crippen LogP contribution in [0.5, 0.6) is 11.5 Å². The summed E-state index contributed by atoms with van der Waals surface area (Å²) in [5, 5.41) is 2.96. The smallest absolute Gasteiger partial charge is 0.238 e. The number of amides is 1. The Morgan fingerprint density at radius 2 is 1.96 bits per heavy atom. The fourth-order valence-corrected chi connectivity index (χ4v) is 3.37. The van der Waals surface area contributed by atoms with Crippen molar-refractivity contribution in [3.63, 3.8) is 0 Å². The molecule has 1 N–H and O–H groups in total. The first-order valence-electron chi connectivity index (χ1n) is 8.52. The van der Waals surface area contributed by atoms with Crippen LogP contribution >= 0.6 is 0 Å². The van der Waals surface area contributed by atoms with Gasteiger partial charge in [-0.3, -0.25) is 9.69 Å². The number of nitrogens with one attached hydrogen (secondary N) is 1. The van der Waals surface area contributed by atoms with Crippen molar-refractivity contribution >= 4 is 11.6 Å². The average molecular weight is 340 g/mol. The molecule has 1 heterocycles. The predicted molar refractivity (Wildman–Crippen MR) is 98.2 cm³/mol. The SMILES string of the molecule is COc1ccc(C2CCCN2CC(=O)Nc2ccccc2)c(OC)c1. The number of methoxy groups -OCH3 is 2. The number of carbonyl (C=O) groups excluding carboxylic acids is 1. The molecule has 1 aliphatic rings. The molecule has 0 spiro atoms. The van der Waals surface area contributed by atoms with E-state index >= 15 is 0 Å². The molecule has 3 rings (SSSR count). The van der Waals surface area contributed by atoms with Crippen LogP contribution in [0, 0.1) is 0 Å². The Balaban J connectivity index is 1.71. The van der Waals surface area contributed by atoms with Crippen LogP contribution in [0.1, 0.15) is 24.4 Å². The van der Waals surface area contributed by atoms with Gasteiger partial charge in [0, 0.05) is 23.4 Å². The standard InChI is InChI=1S/C20H24N2O3/c1-24-16-10-11-17(19(13-16)25-2)18-9-6-12-22(18)14-20(23)21-15-7-4-3-5-8-15/h3-5,7-8,10-11,13,18H,6,9,12,14H2,1-2H3,(H,21,23). The van der Waals surface area contributed by atoms with Crippen LogP contribution in [0.3, 0.4) is 0 Å². The molecule has 0 radical (unpaired) electrons. The number of hydrogen-bond acceptors (Lipinski definition) is 4. The molecule has 1 amide bonds. The lowest BCUT2D eigenvalue weighted by Gasteiger charge is -2.25. The molecule has 0 aromatic heterocycles. The molecule has 1 aliphatic heterocycles. The largest absolute Gasteiger partial charge is 0.497 e. The van der Waals surface area contributed by atoms with E-state index in [1.807, 2.05) is 48.5 Å². The molecule has 5 nitrogen and oxygen atoms in total. The van der Waals surface area contributed by atoms with Crippen LogP contribution in [0.2, 0.25) is 0 Å². The van der Waals surface area contributed by atoms with E-state index in [0.717, 1.165) is 42.1 Å². The third-order valence-electron chi connectivity index (χ3n) is 4.57. The number of benzene rings is 2. The fourth-order valence-electron chi connectivity index (χ4n) is 3.37. The van der Waals surface area contributed by atoms with Crippen molar-refractivity contribution < 1.29 is 14.3 Å². The second-order valence-electron chi connectivity index (χ2n) is 6.15. The van der Waals surface area contributed by atoms with Crippen molar-refractivity contribution in [2.75, 3.05) is 32.6 Å². The van der Waals surface area contributed by atoms with Crippen molar-refractivity contribution in [3.8, 4) is 11.5 Å². The molecule has 2 aromatic rings. The molecule has 2 aromatic carbocycles. The summed E-state index contributed by atoms with van der Waals surface area (Å²) in [6, 6.07) is 15.6. The summed E-state index contributed by atoms with van der Waals surface area (Å²) in [4.78, 5) is 14.6. The summed E-state index contributed by atoms with van der Waals surface area (Å²) >= 11 is 0. The lowest BCUT2D eigenvalue weighted by atomic mass is 10.0. The van der Waals surface area contributed by atoms with Crippen LogP contribution in [-0.2, 0) is 4.79 Å². The Bertz CT molecular complexity index is 718. The molecule has 1 saturated heterocycles. The van der Waals surface area contributed by atoms with Gasteiger partial charge >= 0.3 is 0 Å². The summed E-state index contributed by atoms with van der Waals surface area (Å²) in [5.41, 5.74) is 1.93. The van der Waals surface area contributed by atoms with Crippen molar-refractivity contribution in [2.24, 2.45) is 0 Å². The number of carbonyl (C=O) groups is 1. The predicted octanol–water partition coefficient (Wildman–Crippen LogP) is 3.48. The van der Waals surface area contributed by atoms with Gasteiger partial charge in [-0.15, -0.1) is 0 Å². The van der Waals surface area contributed by atoms with Crippen LogP contribution in [0.15, 0.2) is 48.5 Å². The van der Waals surface area contributed by atoms with Gasteiger partial charge in [-0.25, -0.2) is 0 Å². The second kappa shape index (κ2) is 8.03. The zero-order chi connectivity index (χ0) is 17.6. The van der Waals surface area contributed by atoms with Crippen molar-refractivity contribution in [2.45, 2.75) is 18.9 Å². The van der Waals surface area contributed by atoms with E-state index in [9.17, 15) is 4.79 Å². The van der Waals surface area contributed by atoms with E-state index in [1.165, 1.54) is 0 Å². The molecule has 25 heavy (non-hydrogen) atoms. The molecular formula is C20H24N2O3. The van der Waals surface area contributed by atoms with Gasteiger partial charge in [-0.05, 0) is 37.6 Å². The summed E-state index contributed by atoms with van der Waals surface area (Å²) < 4.78 is 10.8. The highest BCUT2D eigenvalue weighted by atomic mass is 16.5. The van der Waals surface area contributed by atoms with E-state index in [1.54, 1.807) is 14.2 Å². The zero-order valence-electron chi connectivity index (χ0n) is 14.7. The number of rotatable bonds is 6. The monoisotopic (exact) mass is 340 g/mol. The Hall–Kier alpha value is -2.53. The minimum atomic E-state index is 0.00517. The van der Waals surface area contributed by atoms with Gasteiger partial charge in [0.1, 0.15) is 11.5 Å². The van der Waals surface area contributed by atoms with Gasteiger partial charge in [0.25, 0.3) is 0 Å². The molecule has 1 fully saturated rings. The summed E-state index contributed by atoms with van der Waals surface area (Å²) in [6.45, 7) is 1.27. The minimum Gasteiger partial charge on any atom is -0.497 e. The van der Waals surface area contributed by atoms with Gasteiger partial charge in [-0.2, -0.15) is 0 Å².